The van der Waals surface area contributed by atoms with Gasteiger partial charge in [0.25, 0.3) is 0 Å². The summed E-state index contributed by atoms with van der Waals surface area (Å²) in [5.74, 6) is -1.61. The van der Waals surface area contributed by atoms with E-state index in [0.717, 1.165) is 42.9 Å². The third-order valence-corrected chi connectivity index (χ3v) is 11.6. The number of ether oxygens (including phenoxy) is 1. The minimum Gasteiger partial charge on any atom is -0.381 e. The lowest BCUT2D eigenvalue weighted by Crippen LogP contribution is -2.44. The van der Waals surface area contributed by atoms with Crippen LogP contribution in [-0.4, -0.2) is 82.4 Å². The Morgan fingerprint density at radius 3 is 2.34 bits per heavy atom. The van der Waals surface area contributed by atoms with Crippen molar-refractivity contribution in [2.24, 2.45) is 11.8 Å². The molecule has 11 heteroatoms. The van der Waals surface area contributed by atoms with Crippen LogP contribution in [0.2, 0.25) is 5.02 Å². The summed E-state index contributed by atoms with van der Waals surface area (Å²) in [6.45, 7) is 5.82. The number of aryl methyl sites for hydroxylation is 1. The van der Waals surface area contributed by atoms with Gasteiger partial charge >= 0.3 is 0 Å². The fraction of sp³-hybridized carbons (Fsp3) is 0.606. The van der Waals surface area contributed by atoms with Crippen molar-refractivity contribution in [3.63, 3.8) is 0 Å². The first-order valence-electron chi connectivity index (χ1n) is 15.8. The number of piperidine rings is 1. The zero-order chi connectivity index (χ0) is 31.2. The average Bonchev–Trinajstić information content (AvgIpc) is 3.72. The second kappa shape index (κ2) is 12.9. The van der Waals surface area contributed by atoms with E-state index in [1.54, 1.807) is 4.31 Å². The number of nitrogens with zero attached hydrogens (tertiary/aromatic N) is 3. The van der Waals surface area contributed by atoms with Gasteiger partial charge in [-0.3, -0.25) is 14.0 Å². The summed E-state index contributed by atoms with van der Waals surface area (Å²) in [6, 6.07) is 7.76. The van der Waals surface area contributed by atoms with Crippen molar-refractivity contribution >= 4 is 33.2 Å². The highest BCUT2D eigenvalue weighted by atomic mass is 35.5. The number of anilines is 1. The summed E-state index contributed by atoms with van der Waals surface area (Å²) in [5, 5.41) is 0.602. The lowest BCUT2D eigenvalue weighted by molar-refractivity contribution is -0.136. The van der Waals surface area contributed by atoms with E-state index in [-0.39, 0.29) is 23.8 Å². The number of likely N-dealkylation sites (tertiary alicyclic amines) is 2. The van der Waals surface area contributed by atoms with Crippen molar-refractivity contribution in [3.8, 4) is 0 Å². The number of halogens is 3. The molecule has 0 bridgehead atoms. The van der Waals surface area contributed by atoms with Crippen LogP contribution in [0.3, 0.4) is 0 Å². The van der Waals surface area contributed by atoms with Crippen LogP contribution >= 0.6 is 11.6 Å². The highest BCUT2D eigenvalue weighted by Crippen LogP contribution is 2.42. The van der Waals surface area contributed by atoms with E-state index < -0.39 is 27.6 Å². The van der Waals surface area contributed by atoms with E-state index in [9.17, 15) is 17.6 Å². The fourth-order valence-corrected chi connectivity index (χ4v) is 8.54. The van der Waals surface area contributed by atoms with Crippen LogP contribution in [0.5, 0.6) is 0 Å². The zero-order valence-electron chi connectivity index (χ0n) is 25.5. The van der Waals surface area contributed by atoms with Crippen LogP contribution in [-0.2, 0) is 19.6 Å². The molecule has 4 fully saturated rings. The maximum atomic E-state index is 15.1. The average molecular weight is 650 g/mol. The van der Waals surface area contributed by atoms with Crippen molar-refractivity contribution in [3.05, 3.63) is 63.7 Å². The van der Waals surface area contributed by atoms with Gasteiger partial charge in [0, 0.05) is 69.0 Å². The lowest BCUT2D eigenvalue weighted by atomic mass is 9.85. The predicted octanol–water partition coefficient (Wildman–Crippen LogP) is 5.70. The summed E-state index contributed by atoms with van der Waals surface area (Å²) < 4.78 is 61.8. The number of carbonyl (C=O) groups is 1. The SMILES string of the molecule is Cc1cc(N(CC2CC2)S(C)(=O)=O)c(C2CCN(C(=O)C3CN(C4CCOCC4)C[C@H]3c3ccc(F)cc3F)CC2)cc1Cl. The van der Waals surface area contributed by atoms with Crippen LogP contribution in [0.15, 0.2) is 30.3 Å². The molecule has 3 saturated heterocycles. The number of sulfonamides is 1. The number of hydrogen-bond acceptors (Lipinski definition) is 5. The zero-order valence-corrected chi connectivity index (χ0v) is 27.1. The van der Waals surface area contributed by atoms with E-state index in [0.29, 0.717) is 81.0 Å². The smallest absolute Gasteiger partial charge is 0.232 e. The predicted molar refractivity (Wildman–Crippen MR) is 168 cm³/mol. The Hall–Kier alpha value is -2.27. The monoisotopic (exact) mass is 649 g/mol. The molecule has 3 heterocycles. The molecule has 1 aliphatic carbocycles. The third-order valence-electron chi connectivity index (χ3n) is 10.1. The number of amides is 1. The third kappa shape index (κ3) is 6.78. The number of carbonyl (C=O) groups excluding carboxylic acids is 1. The largest absolute Gasteiger partial charge is 0.381 e. The number of hydrogen-bond donors (Lipinski definition) is 0. The molecule has 44 heavy (non-hydrogen) atoms. The van der Waals surface area contributed by atoms with Gasteiger partial charge in [0.2, 0.25) is 15.9 Å². The van der Waals surface area contributed by atoms with Gasteiger partial charge in [-0.15, -0.1) is 0 Å². The standard InChI is InChI=1S/C33H42ClF2N3O4S/c1-21-15-32(39(44(2,41)42)18-22-3-4-22)27(17-30(21)34)23-7-11-37(12-8-23)33(40)29-20-38(25-9-13-43-14-10-25)19-28(29)26-6-5-24(35)16-31(26)36/h5-6,15-17,22-23,25,28-29H,3-4,7-14,18-20H2,1-2H3/t28-,29?/m0/s1. The summed E-state index contributed by atoms with van der Waals surface area (Å²) >= 11 is 6.58. The van der Waals surface area contributed by atoms with E-state index in [2.05, 4.69) is 4.90 Å². The Kier molecular flexibility index (Phi) is 9.26. The Labute approximate surface area is 264 Å². The first kappa shape index (κ1) is 31.7. The van der Waals surface area contributed by atoms with Crippen LogP contribution in [0.4, 0.5) is 14.5 Å². The normalized spacial score (nSPS) is 24.2. The Balaban J connectivity index is 1.21. The highest BCUT2D eigenvalue weighted by molar-refractivity contribution is 7.92. The molecule has 1 amide bonds. The summed E-state index contributed by atoms with van der Waals surface area (Å²) in [4.78, 5) is 18.3. The molecule has 2 aromatic carbocycles. The van der Waals surface area contributed by atoms with Gasteiger partial charge in [0.15, 0.2) is 0 Å². The lowest BCUT2D eigenvalue weighted by Gasteiger charge is -2.37. The van der Waals surface area contributed by atoms with Gasteiger partial charge in [-0.05, 0) is 92.2 Å². The first-order valence-corrected chi connectivity index (χ1v) is 18.1. The number of rotatable bonds is 8. The van der Waals surface area contributed by atoms with Gasteiger partial charge in [-0.25, -0.2) is 17.2 Å². The van der Waals surface area contributed by atoms with Crippen molar-refractivity contribution < 1.29 is 26.7 Å². The maximum Gasteiger partial charge on any atom is 0.232 e. The molecular formula is C33H42ClF2N3O4S. The van der Waals surface area contributed by atoms with Crippen molar-refractivity contribution in [1.29, 1.82) is 0 Å². The Bertz CT molecular complexity index is 1490. The Morgan fingerprint density at radius 2 is 1.70 bits per heavy atom. The van der Waals surface area contributed by atoms with Gasteiger partial charge in [-0.1, -0.05) is 17.7 Å². The Morgan fingerprint density at radius 1 is 1.00 bits per heavy atom. The van der Waals surface area contributed by atoms with Gasteiger partial charge in [-0.2, -0.15) is 0 Å². The molecule has 6 rings (SSSR count). The minimum atomic E-state index is -3.49. The molecule has 0 spiro atoms. The van der Waals surface area contributed by atoms with Crippen molar-refractivity contribution in [2.75, 3.05) is 56.5 Å². The molecule has 1 unspecified atom stereocenters. The molecule has 0 aromatic heterocycles. The topological polar surface area (TPSA) is 70.2 Å². The molecular weight excluding hydrogens is 608 g/mol. The minimum absolute atomic E-state index is 0.000363. The van der Waals surface area contributed by atoms with Crippen molar-refractivity contribution in [2.45, 2.75) is 63.3 Å². The molecule has 4 aliphatic rings. The molecule has 2 aromatic rings. The molecule has 0 N–H and O–H groups in total. The van der Waals surface area contributed by atoms with E-state index in [1.165, 1.54) is 18.4 Å². The van der Waals surface area contributed by atoms with Gasteiger partial charge in [0.1, 0.15) is 11.6 Å². The molecule has 3 aliphatic heterocycles. The summed E-state index contributed by atoms with van der Waals surface area (Å²) in [5.41, 5.74) is 2.83. The van der Waals surface area contributed by atoms with Crippen molar-refractivity contribution in [1.82, 2.24) is 9.80 Å². The molecule has 2 atom stereocenters. The van der Waals surface area contributed by atoms with Crippen LogP contribution in [0, 0.1) is 30.4 Å². The second-order valence-electron chi connectivity index (χ2n) is 13.2. The van der Waals surface area contributed by atoms with Gasteiger partial charge in [0.05, 0.1) is 17.9 Å². The van der Waals surface area contributed by atoms with Crippen LogP contribution in [0.25, 0.3) is 0 Å². The molecule has 240 valence electrons. The van der Waals surface area contributed by atoms with E-state index >= 15 is 4.39 Å². The number of benzene rings is 2. The summed E-state index contributed by atoms with van der Waals surface area (Å²) in [7, 11) is -3.49. The fourth-order valence-electron chi connectivity index (χ4n) is 7.37. The quantitative estimate of drug-likeness (QED) is 0.367. The molecule has 7 nitrogen and oxygen atoms in total. The molecule has 0 radical (unpaired) electrons. The molecule has 1 saturated carbocycles. The highest BCUT2D eigenvalue weighted by Gasteiger charge is 2.44. The van der Waals surface area contributed by atoms with Crippen LogP contribution in [0.1, 0.15) is 67.1 Å². The summed E-state index contributed by atoms with van der Waals surface area (Å²) in [6.07, 6.45) is 6.41. The van der Waals surface area contributed by atoms with Crippen LogP contribution < -0.4 is 4.31 Å². The van der Waals surface area contributed by atoms with E-state index in [4.69, 9.17) is 16.3 Å². The first-order chi connectivity index (χ1) is 21.0. The van der Waals surface area contributed by atoms with E-state index in [1.807, 2.05) is 24.0 Å². The second-order valence-corrected chi connectivity index (χ2v) is 15.5. The maximum absolute atomic E-state index is 15.1. The van der Waals surface area contributed by atoms with Gasteiger partial charge < -0.3 is 9.64 Å².